The summed E-state index contributed by atoms with van der Waals surface area (Å²) in [5, 5.41) is 11.8. The Morgan fingerprint density at radius 2 is 1.74 bits per heavy atom. The minimum Gasteiger partial charge on any atom is -0.481 e. The molecule has 2 amide bonds. The number of nitrogens with zero attached hydrogens (tertiary/aromatic N) is 1. The summed E-state index contributed by atoms with van der Waals surface area (Å²) in [6, 6.07) is 16.0. The first-order chi connectivity index (χ1) is 17.0. The molecule has 2 N–H and O–H groups in total. The van der Waals surface area contributed by atoms with Crippen molar-refractivity contribution in [3.05, 3.63) is 59.7 Å². The lowest BCUT2D eigenvalue weighted by Crippen LogP contribution is -2.42. The van der Waals surface area contributed by atoms with Crippen molar-refractivity contribution in [2.24, 2.45) is 0 Å². The van der Waals surface area contributed by atoms with E-state index in [9.17, 15) is 14.4 Å². The van der Waals surface area contributed by atoms with Gasteiger partial charge in [-0.05, 0) is 42.0 Å². The van der Waals surface area contributed by atoms with Crippen LogP contribution in [-0.4, -0.2) is 66.4 Å². The van der Waals surface area contributed by atoms with Gasteiger partial charge in [0.15, 0.2) is 0 Å². The van der Waals surface area contributed by atoms with Gasteiger partial charge in [0, 0.05) is 31.7 Å². The number of aliphatic carboxylic acids is 1. The molecule has 0 bridgehead atoms. The van der Waals surface area contributed by atoms with Crippen LogP contribution in [0, 0.1) is 0 Å². The fourth-order valence-electron chi connectivity index (χ4n) is 5.16. The van der Waals surface area contributed by atoms with Crippen molar-refractivity contribution in [3.63, 3.8) is 0 Å². The predicted molar refractivity (Wildman–Crippen MR) is 130 cm³/mol. The van der Waals surface area contributed by atoms with Crippen LogP contribution in [0.5, 0.6) is 0 Å². The number of fused-ring (bicyclic) bond motifs is 3. The van der Waals surface area contributed by atoms with E-state index < -0.39 is 18.2 Å². The van der Waals surface area contributed by atoms with Crippen LogP contribution in [0.15, 0.2) is 48.5 Å². The van der Waals surface area contributed by atoms with Gasteiger partial charge in [-0.15, -0.1) is 0 Å². The van der Waals surface area contributed by atoms with Gasteiger partial charge in [0.05, 0.1) is 18.9 Å². The summed E-state index contributed by atoms with van der Waals surface area (Å²) in [7, 11) is 0. The first-order valence-electron chi connectivity index (χ1n) is 12.2. The summed E-state index contributed by atoms with van der Waals surface area (Å²) < 4.78 is 11.2. The van der Waals surface area contributed by atoms with E-state index in [0.717, 1.165) is 28.7 Å². The highest BCUT2D eigenvalue weighted by Gasteiger charge is 2.32. The molecule has 0 saturated carbocycles. The first kappa shape index (κ1) is 24.7. The molecule has 1 unspecified atom stereocenters. The van der Waals surface area contributed by atoms with Crippen molar-refractivity contribution in [2.45, 2.75) is 50.7 Å². The van der Waals surface area contributed by atoms with Gasteiger partial charge in [-0.3, -0.25) is 9.59 Å². The largest absolute Gasteiger partial charge is 0.481 e. The molecule has 2 atom stereocenters. The van der Waals surface area contributed by atoms with Gasteiger partial charge in [-0.2, -0.15) is 0 Å². The number of carbonyl (C=O) groups is 3. The predicted octanol–water partition coefficient (Wildman–Crippen LogP) is 3.79. The SMILES string of the molecule is CCOC(CNC(=O)OCC1c2ccccc2-c2ccccc21)CC(=O)N1CCC[C@H]1CC(=O)O. The molecule has 8 nitrogen and oxygen atoms in total. The van der Waals surface area contributed by atoms with Crippen LogP contribution in [-0.2, 0) is 19.1 Å². The topological polar surface area (TPSA) is 105 Å². The molecule has 1 aliphatic carbocycles. The van der Waals surface area contributed by atoms with Gasteiger partial charge in [0.1, 0.15) is 6.61 Å². The van der Waals surface area contributed by atoms with Gasteiger partial charge in [-0.1, -0.05) is 48.5 Å². The van der Waals surface area contributed by atoms with Crippen molar-refractivity contribution in [1.82, 2.24) is 10.2 Å². The smallest absolute Gasteiger partial charge is 0.407 e. The van der Waals surface area contributed by atoms with E-state index >= 15 is 0 Å². The molecule has 35 heavy (non-hydrogen) atoms. The number of carboxylic acid groups (broad SMARTS) is 1. The Balaban J connectivity index is 1.30. The Labute approximate surface area is 205 Å². The average Bonchev–Trinajstić information content (AvgIpc) is 3.43. The maximum absolute atomic E-state index is 12.8. The second-order valence-corrected chi connectivity index (χ2v) is 8.97. The van der Waals surface area contributed by atoms with Crippen molar-refractivity contribution in [1.29, 1.82) is 0 Å². The molecular formula is C27H32N2O6. The summed E-state index contributed by atoms with van der Waals surface area (Å²) >= 11 is 0. The molecule has 2 aromatic carbocycles. The number of hydrogen-bond acceptors (Lipinski definition) is 5. The highest BCUT2D eigenvalue weighted by Crippen LogP contribution is 2.44. The number of carboxylic acids is 1. The van der Waals surface area contributed by atoms with Crippen LogP contribution in [0.2, 0.25) is 0 Å². The standard InChI is InChI=1S/C27H32N2O6/c1-2-34-19(15-25(30)29-13-7-8-18(29)14-26(31)32)16-28-27(33)35-17-24-22-11-5-3-9-20(22)21-10-4-6-12-23(21)24/h3-6,9-12,18-19,24H,2,7-8,13-17H2,1H3,(H,28,33)(H,31,32)/t18-,19?/m0/s1. The summed E-state index contributed by atoms with van der Waals surface area (Å²) in [6.07, 6.45) is 0.431. The number of carbonyl (C=O) groups excluding carboxylic acids is 2. The zero-order valence-electron chi connectivity index (χ0n) is 19.9. The second-order valence-electron chi connectivity index (χ2n) is 8.97. The highest BCUT2D eigenvalue weighted by molar-refractivity contribution is 5.80. The zero-order valence-corrected chi connectivity index (χ0v) is 19.9. The van der Waals surface area contributed by atoms with E-state index in [1.807, 2.05) is 31.2 Å². The van der Waals surface area contributed by atoms with E-state index in [0.29, 0.717) is 19.6 Å². The molecule has 0 aromatic heterocycles. The third-order valence-electron chi connectivity index (χ3n) is 6.73. The van der Waals surface area contributed by atoms with E-state index in [1.165, 1.54) is 0 Å². The van der Waals surface area contributed by atoms with E-state index in [2.05, 4.69) is 29.6 Å². The van der Waals surface area contributed by atoms with E-state index in [1.54, 1.807) is 4.90 Å². The Bertz CT molecular complexity index is 1030. The molecule has 186 valence electrons. The number of nitrogens with one attached hydrogen (secondary N) is 1. The summed E-state index contributed by atoms with van der Waals surface area (Å²) in [5.74, 6) is -1.09. The molecule has 4 rings (SSSR count). The summed E-state index contributed by atoms with van der Waals surface area (Å²) in [4.78, 5) is 38.0. The normalized spacial score (nSPS) is 17.5. The molecule has 2 aromatic rings. The fraction of sp³-hybridized carbons (Fsp3) is 0.444. The average molecular weight is 481 g/mol. The number of rotatable bonds is 10. The van der Waals surface area contributed by atoms with Crippen LogP contribution in [0.3, 0.4) is 0 Å². The first-order valence-corrected chi connectivity index (χ1v) is 12.2. The van der Waals surface area contributed by atoms with Crippen molar-refractivity contribution < 1.29 is 29.0 Å². The van der Waals surface area contributed by atoms with E-state index in [4.69, 9.17) is 14.6 Å². The molecule has 1 saturated heterocycles. The Hall–Kier alpha value is -3.39. The van der Waals surface area contributed by atoms with Gasteiger partial charge in [0.25, 0.3) is 0 Å². The molecule has 0 radical (unpaired) electrons. The summed E-state index contributed by atoms with van der Waals surface area (Å²) in [6.45, 7) is 3.11. The van der Waals surface area contributed by atoms with E-state index in [-0.39, 0.29) is 43.9 Å². The second kappa shape index (κ2) is 11.4. The lowest BCUT2D eigenvalue weighted by atomic mass is 9.98. The molecule has 1 fully saturated rings. The number of alkyl carbamates (subject to hydrolysis) is 1. The molecule has 1 heterocycles. The van der Waals surface area contributed by atoms with Crippen molar-refractivity contribution >= 4 is 18.0 Å². The zero-order chi connectivity index (χ0) is 24.8. The monoisotopic (exact) mass is 480 g/mol. The number of ether oxygens (including phenoxy) is 2. The molecule has 1 aliphatic heterocycles. The molecule has 2 aliphatic rings. The minimum absolute atomic E-state index is 0.0289. The summed E-state index contributed by atoms with van der Waals surface area (Å²) in [5.41, 5.74) is 4.60. The Morgan fingerprint density at radius 1 is 1.09 bits per heavy atom. The number of amides is 2. The lowest BCUT2D eigenvalue weighted by Gasteiger charge is -2.26. The maximum Gasteiger partial charge on any atom is 0.407 e. The number of benzene rings is 2. The number of likely N-dealkylation sites (tertiary alicyclic amines) is 1. The molecule has 8 heteroatoms. The highest BCUT2D eigenvalue weighted by atomic mass is 16.5. The Kier molecular flexibility index (Phi) is 8.02. The third kappa shape index (κ3) is 5.82. The van der Waals surface area contributed by atoms with Crippen LogP contribution in [0.4, 0.5) is 4.79 Å². The van der Waals surface area contributed by atoms with Crippen LogP contribution >= 0.6 is 0 Å². The maximum atomic E-state index is 12.8. The van der Waals surface area contributed by atoms with Crippen molar-refractivity contribution in [2.75, 3.05) is 26.3 Å². The fourth-order valence-corrected chi connectivity index (χ4v) is 5.16. The third-order valence-corrected chi connectivity index (χ3v) is 6.73. The van der Waals surface area contributed by atoms with Gasteiger partial charge >= 0.3 is 12.1 Å². The van der Waals surface area contributed by atoms with Gasteiger partial charge in [-0.25, -0.2) is 4.79 Å². The molecule has 0 spiro atoms. The minimum atomic E-state index is -0.909. The molecular weight excluding hydrogens is 448 g/mol. The van der Waals surface area contributed by atoms with Crippen LogP contribution < -0.4 is 5.32 Å². The quantitative estimate of drug-likeness (QED) is 0.536. The van der Waals surface area contributed by atoms with Gasteiger partial charge in [0.2, 0.25) is 5.91 Å². The Morgan fingerprint density at radius 3 is 2.37 bits per heavy atom. The van der Waals surface area contributed by atoms with Gasteiger partial charge < -0.3 is 24.8 Å². The lowest BCUT2D eigenvalue weighted by molar-refractivity contribution is -0.140. The van der Waals surface area contributed by atoms with Crippen molar-refractivity contribution in [3.8, 4) is 11.1 Å². The number of hydrogen-bond donors (Lipinski definition) is 2. The van der Waals surface area contributed by atoms with Crippen LogP contribution in [0.1, 0.15) is 49.7 Å². The van der Waals surface area contributed by atoms with Crippen LogP contribution in [0.25, 0.3) is 11.1 Å².